The van der Waals surface area contributed by atoms with Crippen molar-refractivity contribution in [3.63, 3.8) is 0 Å². The Morgan fingerprint density at radius 3 is 2.62 bits per heavy atom. The van der Waals surface area contributed by atoms with E-state index in [1.165, 1.54) is 0 Å². The lowest BCUT2D eigenvalue weighted by molar-refractivity contribution is -0.143. The average molecular weight is 304 g/mol. The zero-order valence-corrected chi connectivity index (χ0v) is 11.9. The molecule has 1 aliphatic rings. The Bertz CT molecular complexity index is 671. The maximum absolute atomic E-state index is 12.0. The summed E-state index contributed by atoms with van der Waals surface area (Å²) in [4.78, 5) is 12.0. The molecule has 1 aliphatic heterocycles. The van der Waals surface area contributed by atoms with Gasteiger partial charge in [0.2, 0.25) is 0 Å². The molecule has 0 fully saturated rings. The molecule has 0 spiro atoms. The quantitative estimate of drug-likeness (QED) is 0.911. The molecule has 21 heavy (non-hydrogen) atoms. The van der Waals surface area contributed by atoms with Crippen molar-refractivity contribution in [2.75, 3.05) is 11.9 Å². The van der Waals surface area contributed by atoms with Gasteiger partial charge >= 0.3 is 5.97 Å². The maximum atomic E-state index is 12.0. The summed E-state index contributed by atoms with van der Waals surface area (Å²) in [6, 6.07) is 14.2. The van der Waals surface area contributed by atoms with E-state index in [4.69, 9.17) is 16.3 Å². The lowest BCUT2D eigenvalue weighted by Gasteiger charge is -2.36. The first-order valence-corrected chi connectivity index (χ1v) is 6.99. The first-order valence-electron chi connectivity index (χ1n) is 6.61. The van der Waals surface area contributed by atoms with Gasteiger partial charge in [0.05, 0.1) is 6.61 Å². The number of rotatable bonds is 3. The molecule has 2 aromatic rings. The molecular formula is C16H14ClNO3. The maximum Gasteiger partial charge on any atom is 0.334 e. The smallest absolute Gasteiger partial charge is 0.334 e. The van der Waals surface area contributed by atoms with Crippen molar-refractivity contribution in [1.29, 1.82) is 0 Å². The number of anilines is 1. The van der Waals surface area contributed by atoms with Crippen LogP contribution in [-0.2, 0) is 10.3 Å². The largest absolute Gasteiger partial charge is 0.493 e. The highest BCUT2D eigenvalue weighted by Crippen LogP contribution is 2.39. The molecule has 1 heterocycles. The van der Waals surface area contributed by atoms with E-state index < -0.39 is 11.5 Å². The van der Waals surface area contributed by atoms with Crippen molar-refractivity contribution in [3.05, 3.63) is 59.1 Å². The van der Waals surface area contributed by atoms with Crippen molar-refractivity contribution in [1.82, 2.24) is 0 Å². The summed E-state index contributed by atoms with van der Waals surface area (Å²) in [5.41, 5.74) is 0.153. The summed E-state index contributed by atoms with van der Waals surface area (Å²) in [7, 11) is 0. The van der Waals surface area contributed by atoms with Gasteiger partial charge in [0.25, 0.3) is 0 Å². The second-order valence-electron chi connectivity index (χ2n) is 4.94. The molecule has 3 rings (SSSR count). The van der Waals surface area contributed by atoms with Crippen LogP contribution in [0.3, 0.4) is 0 Å². The Kier molecular flexibility index (Phi) is 3.47. The Morgan fingerprint density at radius 2 is 1.90 bits per heavy atom. The minimum Gasteiger partial charge on any atom is -0.493 e. The van der Waals surface area contributed by atoms with Crippen LogP contribution in [0.5, 0.6) is 5.75 Å². The van der Waals surface area contributed by atoms with Gasteiger partial charge in [-0.2, -0.15) is 0 Å². The summed E-state index contributed by atoms with van der Waals surface area (Å²) in [6.45, 7) is 0.351. The van der Waals surface area contributed by atoms with E-state index in [2.05, 4.69) is 5.32 Å². The van der Waals surface area contributed by atoms with Crippen LogP contribution >= 0.6 is 11.6 Å². The number of hydrogen-bond acceptors (Lipinski definition) is 3. The fraction of sp³-hybridized carbons (Fsp3) is 0.188. The first-order chi connectivity index (χ1) is 10.1. The van der Waals surface area contributed by atoms with Gasteiger partial charge in [-0.1, -0.05) is 29.8 Å². The van der Waals surface area contributed by atoms with E-state index >= 15 is 0 Å². The predicted octanol–water partition coefficient (Wildman–Crippen LogP) is 3.51. The highest BCUT2D eigenvalue weighted by atomic mass is 35.5. The van der Waals surface area contributed by atoms with Gasteiger partial charge in [0.1, 0.15) is 5.75 Å². The number of benzene rings is 2. The van der Waals surface area contributed by atoms with Crippen LogP contribution in [0.4, 0.5) is 5.69 Å². The van der Waals surface area contributed by atoms with Crippen LogP contribution in [-0.4, -0.2) is 17.7 Å². The van der Waals surface area contributed by atoms with Crippen LogP contribution in [0.25, 0.3) is 0 Å². The minimum atomic E-state index is -1.19. The Hall–Kier alpha value is -2.20. The molecule has 0 radical (unpaired) electrons. The molecule has 0 aliphatic carbocycles. The Labute approximate surface area is 127 Å². The van der Waals surface area contributed by atoms with Crippen LogP contribution < -0.4 is 10.1 Å². The lowest BCUT2D eigenvalue weighted by Crippen LogP contribution is -2.47. The second-order valence-corrected chi connectivity index (χ2v) is 5.37. The standard InChI is InChI=1S/C16H14ClNO3/c17-11-5-7-12(8-6-11)18-16(15(19)20)9-10-21-14-4-2-1-3-13(14)16/h1-8,18H,9-10H2,(H,19,20). The number of nitrogens with one attached hydrogen (secondary N) is 1. The molecule has 2 N–H and O–H groups in total. The molecule has 108 valence electrons. The van der Waals surface area contributed by atoms with E-state index in [9.17, 15) is 9.90 Å². The highest BCUT2D eigenvalue weighted by molar-refractivity contribution is 6.30. The Balaban J connectivity index is 2.05. The van der Waals surface area contributed by atoms with E-state index in [1.54, 1.807) is 36.4 Å². The third-order valence-electron chi connectivity index (χ3n) is 3.65. The van der Waals surface area contributed by atoms with Crippen LogP contribution in [0.2, 0.25) is 5.02 Å². The third kappa shape index (κ3) is 2.43. The fourth-order valence-electron chi connectivity index (χ4n) is 2.58. The molecular weight excluding hydrogens is 290 g/mol. The normalized spacial score (nSPS) is 20.2. The molecule has 0 saturated carbocycles. The van der Waals surface area contributed by atoms with Crippen molar-refractivity contribution in [2.24, 2.45) is 0 Å². The van der Waals surface area contributed by atoms with Crippen LogP contribution in [0.15, 0.2) is 48.5 Å². The molecule has 0 saturated heterocycles. The number of para-hydroxylation sites is 1. The first kappa shape index (κ1) is 13.8. The zero-order valence-electron chi connectivity index (χ0n) is 11.2. The van der Waals surface area contributed by atoms with Crippen LogP contribution in [0, 0.1) is 0 Å². The van der Waals surface area contributed by atoms with Crippen molar-refractivity contribution in [3.8, 4) is 5.75 Å². The lowest BCUT2D eigenvalue weighted by atomic mass is 9.84. The zero-order chi connectivity index (χ0) is 14.9. The molecule has 2 aromatic carbocycles. The summed E-state index contributed by atoms with van der Waals surface area (Å²) < 4.78 is 5.56. The summed E-state index contributed by atoms with van der Waals surface area (Å²) in [5, 5.41) is 13.6. The summed E-state index contributed by atoms with van der Waals surface area (Å²) in [6.07, 6.45) is 0.349. The van der Waals surface area contributed by atoms with Crippen molar-refractivity contribution >= 4 is 23.3 Å². The van der Waals surface area contributed by atoms with Gasteiger partial charge in [0, 0.05) is 22.7 Å². The average Bonchev–Trinajstić information content (AvgIpc) is 2.50. The number of carboxylic acid groups (broad SMARTS) is 1. The number of hydrogen-bond donors (Lipinski definition) is 2. The number of aliphatic carboxylic acids is 1. The van der Waals surface area contributed by atoms with E-state index in [0.29, 0.717) is 35.1 Å². The molecule has 0 aromatic heterocycles. The molecule has 0 amide bonds. The fourth-order valence-corrected chi connectivity index (χ4v) is 2.70. The molecule has 4 nitrogen and oxygen atoms in total. The van der Waals surface area contributed by atoms with Crippen molar-refractivity contribution < 1.29 is 14.6 Å². The van der Waals surface area contributed by atoms with E-state index in [1.807, 2.05) is 12.1 Å². The summed E-state index contributed by atoms with van der Waals surface area (Å²) >= 11 is 5.87. The monoisotopic (exact) mass is 303 g/mol. The molecule has 0 bridgehead atoms. The van der Waals surface area contributed by atoms with Crippen molar-refractivity contribution in [2.45, 2.75) is 12.0 Å². The van der Waals surface area contributed by atoms with Gasteiger partial charge in [-0.05, 0) is 30.3 Å². The topological polar surface area (TPSA) is 58.6 Å². The number of fused-ring (bicyclic) bond motifs is 1. The molecule has 5 heteroatoms. The summed E-state index contributed by atoms with van der Waals surface area (Å²) in [5.74, 6) is -0.319. The number of carbonyl (C=O) groups is 1. The van der Waals surface area contributed by atoms with Crippen LogP contribution in [0.1, 0.15) is 12.0 Å². The number of ether oxygens (including phenoxy) is 1. The van der Waals surface area contributed by atoms with Gasteiger partial charge in [-0.15, -0.1) is 0 Å². The molecule has 1 atom stereocenters. The second kappa shape index (κ2) is 5.30. The van der Waals surface area contributed by atoms with Gasteiger partial charge in [-0.25, -0.2) is 4.79 Å². The minimum absolute atomic E-state index is 0.349. The van der Waals surface area contributed by atoms with E-state index in [0.717, 1.165) is 0 Å². The Morgan fingerprint density at radius 1 is 1.19 bits per heavy atom. The van der Waals surface area contributed by atoms with Gasteiger partial charge < -0.3 is 15.2 Å². The third-order valence-corrected chi connectivity index (χ3v) is 3.90. The van der Waals surface area contributed by atoms with E-state index in [-0.39, 0.29) is 0 Å². The van der Waals surface area contributed by atoms with Gasteiger partial charge in [-0.3, -0.25) is 0 Å². The SMILES string of the molecule is O=C(O)C1(Nc2ccc(Cl)cc2)CCOc2ccccc21. The number of halogens is 1. The van der Waals surface area contributed by atoms with Gasteiger partial charge in [0.15, 0.2) is 5.54 Å². The molecule has 1 unspecified atom stereocenters. The number of carboxylic acids is 1. The highest BCUT2D eigenvalue weighted by Gasteiger charge is 2.44. The predicted molar refractivity (Wildman–Crippen MR) is 80.9 cm³/mol.